The van der Waals surface area contributed by atoms with E-state index >= 15 is 0 Å². The van der Waals surface area contributed by atoms with Crippen LogP contribution in [0.25, 0.3) is 0 Å². The van der Waals surface area contributed by atoms with E-state index in [-0.39, 0.29) is 11.7 Å². The third-order valence-corrected chi connectivity index (χ3v) is 2.97. The second-order valence-corrected chi connectivity index (χ2v) is 4.23. The molecule has 1 saturated heterocycles. The lowest BCUT2D eigenvalue weighted by Gasteiger charge is -2.24. The zero-order valence-corrected chi connectivity index (χ0v) is 8.89. The van der Waals surface area contributed by atoms with Gasteiger partial charge < -0.3 is 10.4 Å². The molecule has 1 aliphatic rings. The van der Waals surface area contributed by atoms with Crippen molar-refractivity contribution >= 4 is 0 Å². The molecule has 0 spiro atoms. The Morgan fingerprint density at radius 2 is 2.27 bits per heavy atom. The molecule has 1 fully saturated rings. The van der Waals surface area contributed by atoms with Crippen molar-refractivity contribution in [1.29, 1.82) is 0 Å². The molecule has 1 unspecified atom stereocenters. The number of benzene rings is 1. The van der Waals surface area contributed by atoms with E-state index in [1.165, 1.54) is 6.07 Å². The van der Waals surface area contributed by atoms with Crippen molar-refractivity contribution in [3.8, 4) is 5.75 Å². The van der Waals surface area contributed by atoms with E-state index in [0.717, 1.165) is 37.1 Å². The van der Waals surface area contributed by atoms with E-state index in [1.54, 1.807) is 0 Å². The van der Waals surface area contributed by atoms with Gasteiger partial charge in [0.05, 0.1) is 0 Å². The van der Waals surface area contributed by atoms with Crippen molar-refractivity contribution in [2.45, 2.75) is 25.7 Å². The number of phenolic OH excluding ortho intramolecular Hbond substituents is 1. The van der Waals surface area contributed by atoms with Crippen molar-refractivity contribution in [3.63, 3.8) is 0 Å². The van der Waals surface area contributed by atoms with Gasteiger partial charge in [0.2, 0.25) is 0 Å². The Morgan fingerprint density at radius 1 is 1.47 bits per heavy atom. The molecule has 1 atom stereocenters. The SMILES string of the molecule is Cc1cc(F)c(O)c(C2CCCNC2)c1. The van der Waals surface area contributed by atoms with E-state index in [4.69, 9.17) is 0 Å². The third-order valence-electron chi connectivity index (χ3n) is 2.97. The number of rotatable bonds is 1. The second-order valence-electron chi connectivity index (χ2n) is 4.23. The molecule has 1 heterocycles. The van der Waals surface area contributed by atoms with Gasteiger partial charge in [-0.3, -0.25) is 0 Å². The molecule has 1 aromatic carbocycles. The standard InChI is InChI=1S/C12H16FNO/c1-8-5-10(12(15)11(13)6-8)9-3-2-4-14-7-9/h5-6,9,14-15H,2-4,7H2,1H3. The van der Waals surface area contributed by atoms with Gasteiger partial charge in [0, 0.05) is 18.0 Å². The Hall–Kier alpha value is -1.09. The lowest BCUT2D eigenvalue weighted by Crippen LogP contribution is -2.28. The molecule has 0 aliphatic carbocycles. The van der Waals surface area contributed by atoms with Crippen LogP contribution in [0.15, 0.2) is 12.1 Å². The van der Waals surface area contributed by atoms with Crippen LogP contribution >= 0.6 is 0 Å². The Balaban J connectivity index is 2.33. The summed E-state index contributed by atoms with van der Waals surface area (Å²) in [5.74, 6) is -0.432. The average molecular weight is 209 g/mol. The number of hydrogen-bond donors (Lipinski definition) is 2. The van der Waals surface area contributed by atoms with Crippen LogP contribution in [0.3, 0.4) is 0 Å². The third kappa shape index (κ3) is 2.12. The van der Waals surface area contributed by atoms with Gasteiger partial charge in [0.15, 0.2) is 11.6 Å². The predicted octanol–water partition coefficient (Wildman–Crippen LogP) is 2.31. The fraction of sp³-hybridized carbons (Fsp3) is 0.500. The molecule has 0 amide bonds. The highest BCUT2D eigenvalue weighted by molar-refractivity contribution is 5.40. The fourth-order valence-electron chi connectivity index (χ4n) is 2.19. The number of aromatic hydroxyl groups is 1. The van der Waals surface area contributed by atoms with Gasteiger partial charge >= 0.3 is 0 Å². The topological polar surface area (TPSA) is 32.3 Å². The van der Waals surface area contributed by atoms with Crippen LogP contribution in [-0.2, 0) is 0 Å². The minimum absolute atomic E-state index is 0.172. The summed E-state index contributed by atoms with van der Waals surface area (Å²) in [6, 6.07) is 3.26. The normalized spacial score (nSPS) is 21.6. The summed E-state index contributed by atoms with van der Waals surface area (Å²) in [7, 11) is 0. The van der Waals surface area contributed by atoms with E-state index in [9.17, 15) is 9.50 Å². The van der Waals surface area contributed by atoms with Crippen molar-refractivity contribution in [2.24, 2.45) is 0 Å². The average Bonchev–Trinajstić information content (AvgIpc) is 2.24. The minimum atomic E-state index is -0.504. The molecule has 0 radical (unpaired) electrons. The van der Waals surface area contributed by atoms with Crippen LogP contribution in [0.5, 0.6) is 5.75 Å². The summed E-state index contributed by atoms with van der Waals surface area (Å²) in [6.07, 6.45) is 2.10. The Labute approximate surface area is 89.1 Å². The van der Waals surface area contributed by atoms with Crippen LogP contribution in [0.1, 0.15) is 29.9 Å². The first kappa shape index (κ1) is 10.4. The monoisotopic (exact) mass is 209 g/mol. The Bertz CT molecular complexity index is 359. The van der Waals surface area contributed by atoms with Crippen LogP contribution < -0.4 is 5.32 Å². The highest BCUT2D eigenvalue weighted by Gasteiger charge is 2.20. The van der Waals surface area contributed by atoms with Gasteiger partial charge in [-0.05, 0) is 37.9 Å². The molecular weight excluding hydrogens is 193 g/mol. The number of hydrogen-bond acceptors (Lipinski definition) is 2. The quantitative estimate of drug-likeness (QED) is 0.744. The van der Waals surface area contributed by atoms with Crippen LogP contribution in [0.2, 0.25) is 0 Å². The zero-order valence-electron chi connectivity index (χ0n) is 8.89. The maximum absolute atomic E-state index is 13.3. The zero-order chi connectivity index (χ0) is 10.8. The summed E-state index contributed by atoms with van der Waals surface area (Å²) in [5.41, 5.74) is 1.62. The van der Waals surface area contributed by atoms with Gasteiger partial charge in [-0.1, -0.05) is 6.07 Å². The second kappa shape index (κ2) is 4.19. The molecule has 2 N–H and O–H groups in total. The molecule has 15 heavy (non-hydrogen) atoms. The van der Waals surface area contributed by atoms with Crippen molar-refractivity contribution < 1.29 is 9.50 Å². The predicted molar refractivity (Wildman–Crippen MR) is 57.6 cm³/mol. The van der Waals surface area contributed by atoms with E-state index in [2.05, 4.69) is 5.32 Å². The Kier molecular flexibility index (Phi) is 2.91. The molecule has 0 bridgehead atoms. The van der Waals surface area contributed by atoms with Crippen LogP contribution in [0.4, 0.5) is 4.39 Å². The number of halogens is 1. The van der Waals surface area contributed by atoms with Crippen LogP contribution in [0, 0.1) is 12.7 Å². The van der Waals surface area contributed by atoms with E-state index in [0.29, 0.717) is 0 Å². The van der Waals surface area contributed by atoms with Gasteiger partial charge in [0.1, 0.15) is 0 Å². The number of aryl methyl sites for hydroxylation is 1. The molecule has 2 nitrogen and oxygen atoms in total. The van der Waals surface area contributed by atoms with Gasteiger partial charge in [-0.2, -0.15) is 0 Å². The van der Waals surface area contributed by atoms with E-state index < -0.39 is 5.82 Å². The maximum Gasteiger partial charge on any atom is 0.165 e. The lowest BCUT2D eigenvalue weighted by molar-refractivity contribution is 0.401. The maximum atomic E-state index is 13.3. The van der Waals surface area contributed by atoms with Gasteiger partial charge in [-0.15, -0.1) is 0 Å². The molecule has 3 heteroatoms. The van der Waals surface area contributed by atoms with Crippen molar-refractivity contribution in [2.75, 3.05) is 13.1 Å². The van der Waals surface area contributed by atoms with E-state index in [1.807, 2.05) is 13.0 Å². The summed E-state index contributed by atoms with van der Waals surface area (Å²) < 4.78 is 13.3. The molecular formula is C12H16FNO. The van der Waals surface area contributed by atoms with Gasteiger partial charge in [0.25, 0.3) is 0 Å². The summed E-state index contributed by atoms with van der Waals surface area (Å²) in [5, 5.41) is 12.9. The first-order chi connectivity index (χ1) is 7.18. The molecule has 82 valence electrons. The smallest absolute Gasteiger partial charge is 0.165 e. The Morgan fingerprint density at radius 3 is 2.93 bits per heavy atom. The highest BCUT2D eigenvalue weighted by Crippen LogP contribution is 2.33. The van der Waals surface area contributed by atoms with Crippen molar-refractivity contribution in [3.05, 3.63) is 29.1 Å². The number of nitrogens with one attached hydrogen (secondary N) is 1. The van der Waals surface area contributed by atoms with Crippen LogP contribution in [-0.4, -0.2) is 18.2 Å². The fourth-order valence-corrected chi connectivity index (χ4v) is 2.19. The highest BCUT2D eigenvalue weighted by atomic mass is 19.1. The molecule has 1 aliphatic heterocycles. The number of phenols is 1. The minimum Gasteiger partial charge on any atom is -0.505 e. The largest absolute Gasteiger partial charge is 0.505 e. The first-order valence-electron chi connectivity index (χ1n) is 5.38. The molecule has 2 rings (SSSR count). The summed E-state index contributed by atoms with van der Waals surface area (Å²) >= 11 is 0. The molecule has 0 aromatic heterocycles. The van der Waals surface area contributed by atoms with Crippen molar-refractivity contribution in [1.82, 2.24) is 5.32 Å². The molecule has 0 saturated carbocycles. The molecule has 1 aromatic rings. The first-order valence-corrected chi connectivity index (χ1v) is 5.38. The summed E-state index contributed by atoms with van der Waals surface area (Å²) in [6.45, 7) is 3.70. The lowest BCUT2D eigenvalue weighted by atomic mass is 9.90. The summed E-state index contributed by atoms with van der Waals surface area (Å²) in [4.78, 5) is 0. The van der Waals surface area contributed by atoms with Gasteiger partial charge in [-0.25, -0.2) is 4.39 Å². The number of piperidine rings is 1.